The van der Waals surface area contributed by atoms with E-state index >= 15 is 0 Å². The summed E-state index contributed by atoms with van der Waals surface area (Å²) in [5.74, 6) is 0.799. The molecule has 0 saturated carbocycles. The number of H-pyrrole nitrogens is 1. The first kappa shape index (κ1) is 13.4. The Bertz CT molecular complexity index is 873. The first-order valence-corrected chi connectivity index (χ1v) is 6.76. The van der Waals surface area contributed by atoms with Crippen LogP contribution >= 0.6 is 0 Å². The molecule has 0 aliphatic carbocycles. The Balaban J connectivity index is 2.31. The Labute approximate surface area is 122 Å². The van der Waals surface area contributed by atoms with Gasteiger partial charge in [0.15, 0.2) is 5.65 Å². The number of aromatic nitrogens is 3. The van der Waals surface area contributed by atoms with Crippen LogP contribution in [0.15, 0.2) is 29.1 Å². The Morgan fingerprint density at radius 2 is 1.81 bits per heavy atom. The fourth-order valence-corrected chi connectivity index (χ4v) is 2.48. The zero-order valence-corrected chi connectivity index (χ0v) is 12.5. The highest BCUT2D eigenvalue weighted by molar-refractivity contribution is 5.80. The SMILES string of the molecule is COc1ccc(-c2c(C)[nH]n3c(=O)c(C)c(C)nc23)cc1. The van der Waals surface area contributed by atoms with Gasteiger partial charge in [-0.2, -0.15) is 0 Å². The first-order chi connectivity index (χ1) is 10.0. The van der Waals surface area contributed by atoms with E-state index in [1.807, 2.05) is 38.1 Å². The first-order valence-electron chi connectivity index (χ1n) is 6.76. The van der Waals surface area contributed by atoms with Crippen molar-refractivity contribution in [2.75, 3.05) is 7.11 Å². The third-order valence-corrected chi connectivity index (χ3v) is 3.81. The number of aryl methyl sites for hydroxylation is 2. The largest absolute Gasteiger partial charge is 0.497 e. The van der Waals surface area contributed by atoms with Crippen molar-refractivity contribution in [1.29, 1.82) is 0 Å². The molecule has 0 atom stereocenters. The summed E-state index contributed by atoms with van der Waals surface area (Å²) in [6, 6.07) is 7.74. The molecule has 0 radical (unpaired) electrons. The Morgan fingerprint density at radius 1 is 1.14 bits per heavy atom. The van der Waals surface area contributed by atoms with Crippen LogP contribution in [-0.4, -0.2) is 21.7 Å². The standard InChI is InChI=1S/C16H17N3O2/c1-9-10(2)17-15-14(11(3)18-19(15)16(9)20)12-5-7-13(21-4)8-6-12/h5-8,18H,1-4H3. The second kappa shape index (κ2) is 4.77. The van der Waals surface area contributed by atoms with Gasteiger partial charge in [0.1, 0.15) is 5.75 Å². The normalized spacial score (nSPS) is 11.0. The zero-order chi connectivity index (χ0) is 15.1. The lowest BCUT2D eigenvalue weighted by Gasteiger charge is -2.04. The van der Waals surface area contributed by atoms with Gasteiger partial charge in [-0.3, -0.25) is 9.89 Å². The summed E-state index contributed by atoms with van der Waals surface area (Å²) < 4.78 is 6.69. The number of fused-ring (bicyclic) bond motifs is 1. The Hall–Kier alpha value is -2.56. The van der Waals surface area contributed by atoms with Crippen molar-refractivity contribution in [3.05, 3.63) is 51.6 Å². The van der Waals surface area contributed by atoms with Crippen LogP contribution in [0.25, 0.3) is 16.8 Å². The molecule has 0 fully saturated rings. The third-order valence-electron chi connectivity index (χ3n) is 3.81. The molecule has 0 amide bonds. The average Bonchev–Trinajstić information content (AvgIpc) is 2.81. The van der Waals surface area contributed by atoms with E-state index in [4.69, 9.17) is 4.74 Å². The molecule has 2 heterocycles. The Kier molecular flexibility index (Phi) is 3.05. The number of hydrogen-bond acceptors (Lipinski definition) is 3. The summed E-state index contributed by atoms with van der Waals surface area (Å²) in [6.07, 6.45) is 0. The molecular formula is C16H17N3O2. The molecule has 0 unspecified atom stereocenters. The average molecular weight is 283 g/mol. The van der Waals surface area contributed by atoms with Gasteiger partial charge in [-0.05, 0) is 38.5 Å². The number of nitrogens with zero attached hydrogens (tertiary/aromatic N) is 2. The van der Waals surface area contributed by atoms with Gasteiger partial charge in [0, 0.05) is 22.5 Å². The van der Waals surface area contributed by atoms with Crippen molar-refractivity contribution in [2.24, 2.45) is 0 Å². The molecular weight excluding hydrogens is 266 g/mol. The van der Waals surface area contributed by atoms with Crippen LogP contribution in [0, 0.1) is 20.8 Å². The molecule has 5 nitrogen and oxygen atoms in total. The molecule has 5 heteroatoms. The second-order valence-electron chi connectivity index (χ2n) is 5.13. The fraction of sp³-hybridized carbons (Fsp3) is 0.250. The predicted octanol–water partition coefficient (Wildman–Crippen LogP) is 2.62. The van der Waals surface area contributed by atoms with E-state index in [-0.39, 0.29) is 5.56 Å². The quantitative estimate of drug-likeness (QED) is 0.786. The maximum Gasteiger partial charge on any atom is 0.275 e. The van der Waals surface area contributed by atoms with Crippen molar-refractivity contribution in [3.63, 3.8) is 0 Å². The van der Waals surface area contributed by atoms with Gasteiger partial charge in [-0.1, -0.05) is 12.1 Å². The van der Waals surface area contributed by atoms with Gasteiger partial charge >= 0.3 is 0 Å². The lowest BCUT2D eigenvalue weighted by atomic mass is 10.1. The summed E-state index contributed by atoms with van der Waals surface area (Å²) >= 11 is 0. The number of nitrogens with one attached hydrogen (secondary N) is 1. The molecule has 0 spiro atoms. The topological polar surface area (TPSA) is 59.4 Å². The second-order valence-corrected chi connectivity index (χ2v) is 5.13. The van der Waals surface area contributed by atoms with E-state index in [1.165, 1.54) is 4.52 Å². The van der Waals surface area contributed by atoms with Crippen LogP contribution in [0.1, 0.15) is 17.0 Å². The van der Waals surface area contributed by atoms with E-state index in [1.54, 1.807) is 14.0 Å². The highest BCUT2D eigenvalue weighted by atomic mass is 16.5. The van der Waals surface area contributed by atoms with Crippen molar-refractivity contribution >= 4 is 5.65 Å². The van der Waals surface area contributed by atoms with E-state index in [0.717, 1.165) is 28.3 Å². The molecule has 0 bridgehead atoms. The van der Waals surface area contributed by atoms with Gasteiger partial charge in [0.2, 0.25) is 0 Å². The number of benzene rings is 1. The maximum absolute atomic E-state index is 12.3. The minimum absolute atomic E-state index is 0.0552. The molecule has 21 heavy (non-hydrogen) atoms. The molecule has 0 aliphatic heterocycles. The highest BCUT2D eigenvalue weighted by Crippen LogP contribution is 2.28. The number of hydrogen-bond donors (Lipinski definition) is 1. The Morgan fingerprint density at radius 3 is 2.43 bits per heavy atom. The number of methoxy groups -OCH3 is 1. The van der Waals surface area contributed by atoms with Crippen LogP contribution < -0.4 is 10.3 Å². The van der Waals surface area contributed by atoms with E-state index in [2.05, 4.69) is 10.1 Å². The zero-order valence-electron chi connectivity index (χ0n) is 12.5. The third kappa shape index (κ3) is 2.01. The van der Waals surface area contributed by atoms with Gasteiger partial charge in [-0.25, -0.2) is 9.50 Å². The van der Waals surface area contributed by atoms with Crippen molar-refractivity contribution in [3.8, 4) is 16.9 Å². The van der Waals surface area contributed by atoms with E-state index in [0.29, 0.717) is 11.2 Å². The summed E-state index contributed by atoms with van der Waals surface area (Å²) in [5.41, 5.74) is 4.88. The van der Waals surface area contributed by atoms with Crippen LogP contribution in [0.4, 0.5) is 0 Å². The predicted molar refractivity (Wildman–Crippen MR) is 82.0 cm³/mol. The van der Waals surface area contributed by atoms with Crippen LogP contribution in [0.5, 0.6) is 5.75 Å². The number of aromatic amines is 1. The van der Waals surface area contributed by atoms with Crippen LogP contribution in [0.2, 0.25) is 0 Å². The summed E-state index contributed by atoms with van der Waals surface area (Å²) in [4.78, 5) is 16.9. The lowest BCUT2D eigenvalue weighted by molar-refractivity contribution is 0.415. The van der Waals surface area contributed by atoms with Crippen molar-refractivity contribution in [1.82, 2.24) is 14.6 Å². The molecule has 0 saturated heterocycles. The van der Waals surface area contributed by atoms with E-state index in [9.17, 15) is 4.79 Å². The molecule has 3 rings (SSSR count). The molecule has 3 aromatic rings. The monoisotopic (exact) mass is 283 g/mol. The maximum atomic E-state index is 12.3. The molecule has 1 N–H and O–H groups in total. The smallest absolute Gasteiger partial charge is 0.275 e. The van der Waals surface area contributed by atoms with Gasteiger partial charge in [0.05, 0.1) is 7.11 Å². The van der Waals surface area contributed by atoms with Crippen molar-refractivity contribution < 1.29 is 4.74 Å². The molecule has 108 valence electrons. The fourth-order valence-electron chi connectivity index (χ4n) is 2.48. The van der Waals surface area contributed by atoms with E-state index < -0.39 is 0 Å². The van der Waals surface area contributed by atoms with Crippen LogP contribution in [0.3, 0.4) is 0 Å². The minimum atomic E-state index is -0.0552. The molecule has 1 aromatic carbocycles. The van der Waals surface area contributed by atoms with Gasteiger partial charge in [-0.15, -0.1) is 0 Å². The summed E-state index contributed by atoms with van der Waals surface area (Å²) in [7, 11) is 1.64. The van der Waals surface area contributed by atoms with Gasteiger partial charge in [0.25, 0.3) is 5.56 Å². The summed E-state index contributed by atoms with van der Waals surface area (Å²) in [6.45, 7) is 5.59. The minimum Gasteiger partial charge on any atom is -0.497 e. The highest BCUT2D eigenvalue weighted by Gasteiger charge is 2.15. The van der Waals surface area contributed by atoms with Gasteiger partial charge < -0.3 is 4.74 Å². The number of ether oxygens (including phenoxy) is 1. The lowest BCUT2D eigenvalue weighted by Crippen LogP contribution is -2.19. The number of rotatable bonds is 2. The van der Waals surface area contributed by atoms with Crippen molar-refractivity contribution in [2.45, 2.75) is 20.8 Å². The van der Waals surface area contributed by atoms with Crippen LogP contribution in [-0.2, 0) is 0 Å². The molecule has 2 aromatic heterocycles. The molecule has 0 aliphatic rings. The summed E-state index contributed by atoms with van der Waals surface area (Å²) in [5, 5.41) is 3.10.